The van der Waals surface area contributed by atoms with Crippen LogP contribution in [0, 0.1) is 12.7 Å². The molecule has 0 bridgehead atoms. The summed E-state index contributed by atoms with van der Waals surface area (Å²) in [6, 6.07) is 5.23. The first-order valence-electron chi connectivity index (χ1n) is 11.1. The second kappa shape index (κ2) is 8.84. The van der Waals surface area contributed by atoms with E-state index in [0.29, 0.717) is 11.2 Å². The van der Waals surface area contributed by atoms with Crippen LogP contribution in [0.3, 0.4) is 0 Å². The summed E-state index contributed by atoms with van der Waals surface area (Å²) in [4.78, 5) is 21.5. The van der Waals surface area contributed by atoms with Gasteiger partial charge in [-0.25, -0.2) is 19.2 Å². The normalized spacial score (nSPS) is 22.8. The Morgan fingerprint density at radius 1 is 1.24 bits per heavy atom. The van der Waals surface area contributed by atoms with Gasteiger partial charge in [-0.3, -0.25) is 4.90 Å². The number of fused-ring (bicyclic) bond motifs is 1. The van der Waals surface area contributed by atoms with Gasteiger partial charge in [0, 0.05) is 29.1 Å². The van der Waals surface area contributed by atoms with E-state index in [1.807, 2.05) is 13.0 Å². The van der Waals surface area contributed by atoms with Crippen molar-refractivity contribution in [2.45, 2.75) is 70.6 Å². The Hall–Kier alpha value is -3.24. The van der Waals surface area contributed by atoms with E-state index < -0.39 is 41.8 Å². The number of benzene rings is 1. The van der Waals surface area contributed by atoms with Crippen LogP contribution in [0.4, 0.5) is 9.18 Å². The highest BCUT2D eigenvalue weighted by atomic mass is 19.1. The molecule has 3 aromatic rings. The molecule has 0 radical (unpaired) electrons. The zero-order valence-electron chi connectivity index (χ0n) is 19.5. The minimum atomic E-state index is -1.21. The van der Waals surface area contributed by atoms with E-state index in [2.05, 4.69) is 9.97 Å². The van der Waals surface area contributed by atoms with Crippen molar-refractivity contribution >= 4 is 17.1 Å². The lowest BCUT2D eigenvalue weighted by Gasteiger charge is -2.33. The third kappa shape index (κ3) is 4.43. The molecule has 1 aromatic carbocycles. The number of carboxylic acid groups (broad SMARTS) is 1. The van der Waals surface area contributed by atoms with E-state index in [1.54, 1.807) is 31.5 Å². The average molecular weight is 473 g/mol. The number of aromatic nitrogens is 3. The largest absolute Gasteiger partial charge is 0.487 e. The zero-order valence-corrected chi connectivity index (χ0v) is 19.5. The Kier molecular flexibility index (Phi) is 6.22. The molecular formula is C24H29FN4O5. The predicted octanol–water partition coefficient (Wildman–Crippen LogP) is 3.27. The minimum Gasteiger partial charge on any atom is -0.487 e. The van der Waals surface area contributed by atoms with Gasteiger partial charge in [0.25, 0.3) is 0 Å². The summed E-state index contributed by atoms with van der Waals surface area (Å²) in [7, 11) is 0. The highest BCUT2D eigenvalue weighted by Gasteiger charge is 2.44. The van der Waals surface area contributed by atoms with Crippen molar-refractivity contribution in [3.8, 4) is 5.75 Å². The number of aliphatic hydroxyl groups is 2. The fourth-order valence-electron chi connectivity index (χ4n) is 4.44. The summed E-state index contributed by atoms with van der Waals surface area (Å²) in [5.41, 5.74) is 1.06. The van der Waals surface area contributed by atoms with Gasteiger partial charge < -0.3 is 24.6 Å². The van der Waals surface area contributed by atoms with E-state index in [0.717, 1.165) is 11.1 Å². The quantitative estimate of drug-likeness (QED) is 0.521. The molecular weight excluding hydrogens is 443 g/mol. The maximum Gasteiger partial charge on any atom is 0.408 e. The van der Waals surface area contributed by atoms with Crippen LogP contribution in [0.2, 0.25) is 0 Å². The second-order valence-electron chi connectivity index (χ2n) is 9.65. The summed E-state index contributed by atoms with van der Waals surface area (Å²) in [6.45, 7) is 7.01. The van der Waals surface area contributed by atoms with Crippen LogP contribution in [0.5, 0.6) is 5.75 Å². The molecule has 0 aliphatic heterocycles. The standard InChI is InChI=1S/C24H29FN4O5/c1-13-16-7-8-28(22(16)27-12-26-13)17-10-19(21(31)20(17)30)34-18-6-5-15(25)9-14(18)11-29(23(32)33)24(2,3)4/h5-9,12,17,19-21,30-31H,10-11H2,1-4H3,(H,32,33)/t17-,19+,20+,21-/m1/s1. The fraction of sp³-hybridized carbons (Fsp3) is 0.458. The predicted molar refractivity (Wildman–Crippen MR) is 122 cm³/mol. The van der Waals surface area contributed by atoms with E-state index in [1.165, 1.54) is 29.4 Å². The van der Waals surface area contributed by atoms with Crippen molar-refractivity contribution in [1.82, 2.24) is 19.4 Å². The lowest BCUT2D eigenvalue weighted by Crippen LogP contribution is -2.44. The Morgan fingerprint density at radius 3 is 2.65 bits per heavy atom. The number of amides is 1. The number of carbonyl (C=O) groups is 1. The fourth-order valence-corrected chi connectivity index (χ4v) is 4.44. The van der Waals surface area contributed by atoms with Gasteiger partial charge >= 0.3 is 6.09 Å². The molecule has 10 heteroatoms. The summed E-state index contributed by atoms with van der Waals surface area (Å²) in [5, 5.41) is 32.1. The van der Waals surface area contributed by atoms with Gasteiger partial charge in [-0.1, -0.05) is 0 Å². The molecule has 0 unspecified atom stereocenters. The summed E-state index contributed by atoms with van der Waals surface area (Å²) in [6.07, 6.45) is -0.742. The lowest BCUT2D eigenvalue weighted by molar-refractivity contribution is -0.0168. The number of ether oxygens (including phenoxy) is 1. The van der Waals surface area contributed by atoms with E-state index in [-0.39, 0.29) is 18.7 Å². The van der Waals surface area contributed by atoms with E-state index >= 15 is 0 Å². The first-order chi connectivity index (χ1) is 16.0. The molecule has 1 saturated carbocycles. The number of hydrogen-bond donors (Lipinski definition) is 3. The minimum absolute atomic E-state index is 0.0981. The number of hydrogen-bond acceptors (Lipinski definition) is 6. The first-order valence-corrected chi connectivity index (χ1v) is 11.1. The summed E-state index contributed by atoms with van der Waals surface area (Å²) in [5.74, 6) is -0.273. The number of aryl methyl sites for hydroxylation is 1. The third-order valence-electron chi connectivity index (χ3n) is 6.33. The SMILES string of the molecule is Cc1ncnc2c1ccn2[C@@H]1C[C@H](Oc2ccc(F)cc2CN(C(=O)O)C(C)(C)C)[C@@H](O)[C@H]1O. The number of aliphatic hydroxyl groups excluding tert-OH is 2. The van der Waals surface area contributed by atoms with E-state index in [9.17, 15) is 24.5 Å². The summed E-state index contributed by atoms with van der Waals surface area (Å²) < 4.78 is 21.9. The molecule has 1 amide bonds. The Morgan fingerprint density at radius 2 is 1.97 bits per heavy atom. The van der Waals surface area contributed by atoms with Gasteiger partial charge in [0.15, 0.2) is 0 Å². The molecule has 1 aliphatic rings. The van der Waals surface area contributed by atoms with Crippen LogP contribution in [0.1, 0.15) is 44.5 Å². The van der Waals surface area contributed by atoms with Gasteiger partial charge in [0.2, 0.25) is 0 Å². The van der Waals surface area contributed by atoms with Crippen LogP contribution in [0.25, 0.3) is 11.0 Å². The molecule has 182 valence electrons. The molecule has 1 aliphatic carbocycles. The van der Waals surface area contributed by atoms with Crippen molar-refractivity contribution in [2.24, 2.45) is 0 Å². The molecule has 3 N–H and O–H groups in total. The number of nitrogens with zero attached hydrogens (tertiary/aromatic N) is 4. The van der Waals surface area contributed by atoms with Crippen molar-refractivity contribution < 1.29 is 29.2 Å². The Balaban J connectivity index is 1.61. The Labute approximate surface area is 196 Å². The van der Waals surface area contributed by atoms with Crippen molar-refractivity contribution in [1.29, 1.82) is 0 Å². The summed E-state index contributed by atoms with van der Waals surface area (Å²) >= 11 is 0. The van der Waals surface area contributed by atoms with Crippen molar-refractivity contribution in [3.63, 3.8) is 0 Å². The van der Waals surface area contributed by atoms with Gasteiger partial charge in [-0.15, -0.1) is 0 Å². The zero-order chi connectivity index (χ0) is 24.8. The molecule has 2 aromatic heterocycles. The average Bonchev–Trinajstić information content (AvgIpc) is 3.30. The molecule has 0 spiro atoms. The van der Waals surface area contributed by atoms with E-state index in [4.69, 9.17) is 4.74 Å². The van der Waals surface area contributed by atoms with Crippen LogP contribution in [0.15, 0.2) is 36.8 Å². The monoisotopic (exact) mass is 472 g/mol. The van der Waals surface area contributed by atoms with Crippen molar-refractivity contribution in [3.05, 3.63) is 53.9 Å². The third-order valence-corrected chi connectivity index (χ3v) is 6.33. The highest BCUT2D eigenvalue weighted by Crippen LogP contribution is 2.37. The highest BCUT2D eigenvalue weighted by molar-refractivity contribution is 5.78. The van der Waals surface area contributed by atoms with Crippen LogP contribution >= 0.6 is 0 Å². The van der Waals surface area contributed by atoms with Gasteiger partial charge in [-0.05, 0) is 52.0 Å². The maximum absolute atomic E-state index is 14.1. The molecule has 4 atom stereocenters. The molecule has 4 rings (SSSR count). The molecule has 9 nitrogen and oxygen atoms in total. The van der Waals surface area contributed by atoms with Gasteiger partial charge in [0.05, 0.1) is 18.3 Å². The molecule has 34 heavy (non-hydrogen) atoms. The smallest absolute Gasteiger partial charge is 0.408 e. The van der Waals surface area contributed by atoms with Crippen LogP contribution < -0.4 is 4.74 Å². The maximum atomic E-state index is 14.1. The number of halogens is 1. The number of rotatable bonds is 5. The second-order valence-corrected chi connectivity index (χ2v) is 9.65. The van der Waals surface area contributed by atoms with Crippen molar-refractivity contribution in [2.75, 3.05) is 0 Å². The van der Waals surface area contributed by atoms with Crippen LogP contribution in [-0.4, -0.2) is 64.7 Å². The van der Waals surface area contributed by atoms with Crippen LogP contribution in [-0.2, 0) is 6.54 Å². The van der Waals surface area contributed by atoms with Gasteiger partial charge in [0.1, 0.15) is 41.9 Å². The Bertz CT molecular complexity index is 1210. The topological polar surface area (TPSA) is 121 Å². The molecule has 1 fully saturated rings. The molecule has 2 heterocycles. The van der Waals surface area contributed by atoms with Gasteiger partial charge in [-0.2, -0.15) is 0 Å². The molecule has 0 saturated heterocycles. The lowest BCUT2D eigenvalue weighted by atomic mass is 10.0. The first kappa shape index (κ1) is 23.9.